The van der Waals surface area contributed by atoms with E-state index in [0.717, 1.165) is 11.3 Å². The molecule has 0 aliphatic carbocycles. The maximum atomic E-state index is 13.3. The highest BCUT2D eigenvalue weighted by Gasteiger charge is 2.25. The SMILES string of the molecule is Cc1cc(NC(=O)c2cc(S(=O)(=O)N[C@H]3CCOC3)cs2)ccc1F. The quantitative estimate of drug-likeness (QED) is 0.830. The first kappa shape index (κ1) is 18.0. The van der Waals surface area contributed by atoms with Crippen LogP contribution in [0.25, 0.3) is 0 Å². The van der Waals surface area contributed by atoms with Crippen LogP contribution in [0.2, 0.25) is 0 Å². The zero-order chi connectivity index (χ0) is 18.0. The molecule has 0 bridgehead atoms. The van der Waals surface area contributed by atoms with Crippen LogP contribution < -0.4 is 10.0 Å². The van der Waals surface area contributed by atoms with E-state index in [1.54, 1.807) is 6.92 Å². The first-order chi connectivity index (χ1) is 11.8. The number of nitrogens with one attached hydrogen (secondary N) is 2. The molecule has 1 saturated heterocycles. The number of anilines is 1. The number of ether oxygens (including phenoxy) is 1. The van der Waals surface area contributed by atoms with Gasteiger partial charge in [-0.25, -0.2) is 17.5 Å². The molecule has 1 fully saturated rings. The van der Waals surface area contributed by atoms with Gasteiger partial charge in [-0.05, 0) is 43.2 Å². The lowest BCUT2D eigenvalue weighted by Gasteiger charge is -2.09. The lowest BCUT2D eigenvalue weighted by molar-refractivity contribution is 0.103. The Morgan fingerprint density at radius 1 is 1.36 bits per heavy atom. The summed E-state index contributed by atoms with van der Waals surface area (Å²) in [6.07, 6.45) is 0.626. The summed E-state index contributed by atoms with van der Waals surface area (Å²) in [6.45, 7) is 2.47. The maximum Gasteiger partial charge on any atom is 0.265 e. The molecule has 0 saturated carbocycles. The summed E-state index contributed by atoms with van der Waals surface area (Å²) in [4.78, 5) is 12.6. The average Bonchev–Trinajstić information content (AvgIpc) is 3.22. The summed E-state index contributed by atoms with van der Waals surface area (Å²) in [5.74, 6) is -0.800. The Hall–Kier alpha value is -1.81. The van der Waals surface area contributed by atoms with E-state index in [1.165, 1.54) is 29.6 Å². The molecule has 6 nitrogen and oxygen atoms in total. The van der Waals surface area contributed by atoms with Gasteiger partial charge in [-0.15, -0.1) is 11.3 Å². The van der Waals surface area contributed by atoms with Gasteiger partial charge in [0.15, 0.2) is 0 Å². The summed E-state index contributed by atoms with van der Waals surface area (Å²) in [6, 6.07) is 5.31. The van der Waals surface area contributed by atoms with Crippen LogP contribution in [0.3, 0.4) is 0 Å². The number of hydrogen-bond acceptors (Lipinski definition) is 5. The topological polar surface area (TPSA) is 84.5 Å². The fourth-order valence-electron chi connectivity index (χ4n) is 2.41. The first-order valence-corrected chi connectivity index (χ1v) is 9.97. The van der Waals surface area contributed by atoms with Gasteiger partial charge in [0.1, 0.15) is 5.82 Å². The smallest absolute Gasteiger partial charge is 0.265 e. The number of aryl methyl sites for hydroxylation is 1. The molecule has 1 aliphatic rings. The Bertz CT molecular complexity index is 889. The third-order valence-electron chi connectivity index (χ3n) is 3.78. The third-order valence-corrected chi connectivity index (χ3v) is 6.35. The van der Waals surface area contributed by atoms with Crippen molar-refractivity contribution in [2.24, 2.45) is 0 Å². The standard InChI is InChI=1S/C16H17FN2O4S2/c1-10-6-11(2-3-14(10)17)18-16(20)15-7-13(9-24-15)25(21,22)19-12-4-5-23-8-12/h2-3,6-7,9,12,19H,4-5,8H2,1H3,(H,18,20)/t12-/m0/s1. The van der Waals surface area contributed by atoms with Crippen molar-refractivity contribution in [1.82, 2.24) is 4.72 Å². The number of amides is 1. The van der Waals surface area contributed by atoms with Crippen molar-refractivity contribution in [3.8, 4) is 0 Å². The molecular formula is C16H17FN2O4S2. The molecule has 1 atom stereocenters. The number of sulfonamides is 1. The number of carbonyl (C=O) groups excluding carboxylic acids is 1. The fraction of sp³-hybridized carbons (Fsp3) is 0.312. The molecule has 1 aliphatic heterocycles. The van der Waals surface area contributed by atoms with Crippen molar-refractivity contribution in [3.05, 3.63) is 45.9 Å². The van der Waals surface area contributed by atoms with Crippen LogP contribution in [0.1, 0.15) is 21.7 Å². The van der Waals surface area contributed by atoms with Gasteiger partial charge < -0.3 is 10.1 Å². The number of halogens is 1. The minimum atomic E-state index is -3.69. The number of benzene rings is 1. The summed E-state index contributed by atoms with van der Waals surface area (Å²) < 4.78 is 45.6. The zero-order valence-electron chi connectivity index (χ0n) is 13.4. The van der Waals surface area contributed by atoms with E-state index in [0.29, 0.717) is 30.9 Å². The molecule has 0 radical (unpaired) electrons. The van der Waals surface area contributed by atoms with Crippen LogP contribution in [0.5, 0.6) is 0 Å². The molecule has 0 unspecified atom stereocenters. The van der Waals surface area contributed by atoms with Crippen LogP contribution in [-0.4, -0.2) is 33.6 Å². The van der Waals surface area contributed by atoms with E-state index in [-0.39, 0.29) is 21.6 Å². The van der Waals surface area contributed by atoms with E-state index in [4.69, 9.17) is 4.74 Å². The van der Waals surface area contributed by atoms with Crippen molar-refractivity contribution >= 4 is 33.0 Å². The molecule has 134 valence electrons. The van der Waals surface area contributed by atoms with Crippen LogP contribution in [0, 0.1) is 12.7 Å². The molecule has 25 heavy (non-hydrogen) atoms. The maximum absolute atomic E-state index is 13.3. The predicted octanol–water partition coefficient (Wildman–Crippen LogP) is 2.52. The van der Waals surface area contributed by atoms with Crippen LogP contribution >= 0.6 is 11.3 Å². The molecule has 2 heterocycles. The second-order valence-corrected chi connectivity index (χ2v) is 8.37. The molecule has 2 N–H and O–H groups in total. The van der Waals surface area contributed by atoms with Gasteiger partial charge in [0.05, 0.1) is 16.4 Å². The monoisotopic (exact) mass is 384 g/mol. The van der Waals surface area contributed by atoms with Crippen molar-refractivity contribution in [3.63, 3.8) is 0 Å². The largest absolute Gasteiger partial charge is 0.380 e. The molecule has 9 heteroatoms. The Morgan fingerprint density at radius 2 is 2.16 bits per heavy atom. The molecule has 2 aromatic rings. The summed E-state index contributed by atoms with van der Waals surface area (Å²) in [5.41, 5.74) is 0.859. The minimum Gasteiger partial charge on any atom is -0.380 e. The lowest BCUT2D eigenvalue weighted by Crippen LogP contribution is -2.34. The van der Waals surface area contributed by atoms with Crippen molar-refractivity contribution in [1.29, 1.82) is 0 Å². The number of hydrogen-bond donors (Lipinski definition) is 2. The third kappa shape index (κ3) is 4.24. The van der Waals surface area contributed by atoms with Gasteiger partial charge in [-0.1, -0.05) is 0 Å². The summed E-state index contributed by atoms with van der Waals surface area (Å²) >= 11 is 1.03. The lowest BCUT2D eigenvalue weighted by atomic mass is 10.2. The van der Waals surface area contributed by atoms with E-state index < -0.39 is 15.9 Å². The number of rotatable bonds is 5. The zero-order valence-corrected chi connectivity index (χ0v) is 15.0. The second kappa shape index (κ2) is 7.20. The summed E-state index contributed by atoms with van der Waals surface area (Å²) in [7, 11) is -3.69. The molecule has 1 aromatic heterocycles. The molecule has 0 spiro atoms. The second-order valence-electron chi connectivity index (χ2n) is 5.75. The Kier molecular flexibility index (Phi) is 5.19. The normalized spacial score (nSPS) is 17.6. The highest BCUT2D eigenvalue weighted by molar-refractivity contribution is 7.89. The first-order valence-electron chi connectivity index (χ1n) is 7.61. The van der Waals surface area contributed by atoms with Crippen molar-refractivity contribution in [2.45, 2.75) is 24.3 Å². The Labute approximate surface area is 149 Å². The fourth-order valence-corrected chi connectivity index (χ4v) is 4.83. The molecule has 1 aromatic carbocycles. The Morgan fingerprint density at radius 3 is 2.84 bits per heavy atom. The van der Waals surface area contributed by atoms with Crippen LogP contribution in [-0.2, 0) is 14.8 Å². The van der Waals surface area contributed by atoms with Gasteiger partial charge in [-0.2, -0.15) is 0 Å². The molecule has 3 rings (SSSR count). The molecular weight excluding hydrogens is 367 g/mol. The van der Waals surface area contributed by atoms with Crippen molar-refractivity contribution < 1.29 is 22.3 Å². The van der Waals surface area contributed by atoms with Gasteiger partial charge in [0.2, 0.25) is 10.0 Å². The number of thiophene rings is 1. The minimum absolute atomic E-state index is 0.0461. The molecule has 1 amide bonds. The van der Waals surface area contributed by atoms with Crippen LogP contribution in [0.15, 0.2) is 34.5 Å². The van der Waals surface area contributed by atoms with E-state index in [9.17, 15) is 17.6 Å². The highest BCUT2D eigenvalue weighted by atomic mass is 32.2. The van der Waals surface area contributed by atoms with Gasteiger partial charge in [0.25, 0.3) is 5.91 Å². The van der Waals surface area contributed by atoms with E-state index >= 15 is 0 Å². The Balaban J connectivity index is 1.71. The summed E-state index contributed by atoms with van der Waals surface area (Å²) in [5, 5.41) is 4.05. The number of carbonyl (C=O) groups is 1. The average molecular weight is 384 g/mol. The van der Waals surface area contributed by atoms with E-state index in [1.807, 2.05) is 0 Å². The van der Waals surface area contributed by atoms with Gasteiger partial charge in [0, 0.05) is 23.7 Å². The van der Waals surface area contributed by atoms with Gasteiger partial charge in [-0.3, -0.25) is 4.79 Å². The highest BCUT2D eigenvalue weighted by Crippen LogP contribution is 2.22. The van der Waals surface area contributed by atoms with Gasteiger partial charge >= 0.3 is 0 Å². The van der Waals surface area contributed by atoms with Crippen molar-refractivity contribution in [2.75, 3.05) is 18.5 Å². The van der Waals surface area contributed by atoms with Crippen LogP contribution in [0.4, 0.5) is 10.1 Å². The predicted molar refractivity (Wildman–Crippen MR) is 93.0 cm³/mol. The van der Waals surface area contributed by atoms with E-state index in [2.05, 4.69) is 10.0 Å².